The van der Waals surface area contributed by atoms with Gasteiger partial charge in [-0.3, -0.25) is 0 Å². The summed E-state index contributed by atoms with van der Waals surface area (Å²) in [5.41, 5.74) is 8.92. The summed E-state index contributed by atoms with van der Waals surface area (Å²) in [6.45, 7) is 2.35. The Balaban J connectivity index is 1.76. The number of rotatable bonds is 0. The van der Waals surface area contributed by atoms with Gasteiger partial charge in [-0.25, -0.2) is 0 Å². The van der Waals surface area contributed by atoms with Crippen LogP contribution in [0.3, 0.4) is 0 Å². The first kappa shape index (κ1) is 14.6. The van der Waals surface area contributed by atoms with Crippen LogP contribution in [0.4, 0.5) is 0 Å². The first-order valence-electron chi connectivity index (χ1n) is 9.75. The standard InChI is InChI=1S/C25H16BNO/c1-15-13-14-21-23-25(15)28-22-12-5-3-9-18(22)26(23)19-10-6-8-17-16-7-2-4-11-20(16)27(21)24(17)19/h2-14H,1H3. The largest absolute Gasteiger partial charge is 0.458 e. The van der Waals surface area contributed by atoms with Gasteiger partial charge < -0.3 is 9.30 Å². The predicted molar refractivity (Wildman–Crippen MR) is 117 cm³/mol. The molecule has 0 bridgehead atoms. The maximum absolute atomic E-state index is 6.44. The summed E-state index contributed by atoms with van der Waals surface area (Å²) in [5.74, 6) is 1.99. The number of aromatic nitrogens is 1. The van der Waals surface area contributed by atoms with Crippen LogP contribution in [0.1, 0.15) is 5.56 Å². The molecule has 7 rings (SSSR count). The molecule has 0 aliphatic carbocycles. The first-order chi connectivity index (χ1) is 13.8. The third kappa shape index (κ3) is 1.57. The molecule has 130 valence electrons. The van der Waals surface area contributed by atoms with E-state index in [1.807, 2.05) is 0 Å². The molecule has 0 N–H and O–H groups in total. The summed E-state index contributed by atoms with van der Waals surface area (Å²) in [6, 6.07) is 28.4. The topological polar surface area (TPSA) is 14.2 Å². The van der Waals surface area contributed by atoms with Crippen LogP contribution in [0, 0.1) is 6.92 Å². The second-order valence-electron chi connectivity index (χ2n) is 7.81. The zero-order valence-electron chi connectivity index (χ0n) is 15.4. The van der Waals surface area contributed by atoms with Crippen molar-refractivity contribution in [2.24, 2.45) is 0 Å². The summed E-state index contributed by atoms with van der Waals surface area (Å²) < 4.78 is 8.88. The number of nitrogens with zero attached hydrogens (tertiary/aromatic N) is 1. The Morgan fingerprint density at radius 1 is 0.750 bits per heavy atom. The van der Waals surface area contributed by atoms with Crippen LogP contribution in [0.25, 0.3) is 27.5 Å². The van der Waals surface area contributed by atoms with E-state index in [9.17, 15) is 0 Å². The van der Waals surface area contributed by atoms with E-state index in [2.05, 4.69) is 90.4 Å². The van der Waals surface area contributed by atoms with Crippen LogP contribution in [-0.4, -0.2) is 11.3 Å². The third-order valence-electron chi connectivity index (χ3n) is 6.38. The first-order valence-corrected chi connectivity index (χ1v) is 9.75. The minimum absolute atomic E-state index is 0.204. The molecule has 0 unspecified atom stereocenters. The van der Waals surface area contributed by atoms with Gasteiger partial charge in [0.1, 0.15) is 11.5 Å². The van der Waals surface area contributed by atoms with Gasteiger partial charge in [-0.15, -0.1) is 0 Å². The third-order valence-corrected chi connectivity index (χ3v) is 6.38. The van der Waals surface area contributed by atoms with E-state index < -0.39 is 0 Å². The van der Waals surface area contributed by atoms with Gasteiger partial charge in [-0.1, -0.05) is 60.7 Å². The summed E-state index contributed by atoms with van der Waals surface area (Å²) in [6.07, 6.45) is 0. The molecule has 2 aliphatic heterocycles. The van der Waals surface area contributed by atoms with Crippen LogP contribution in [0.15, 0.2) is 78.9 Å². The van der Waals surface area contributed by atoms with E-state index in [0.29, 0.717) is 0 Å². The number of fused-ring (bicyclic) bond motifs is 7. The lowest BCUT2D eigenvalue weighted by atomic mass is 9.34. The number of aryl methyl sites for hydroxylation is 1. The van der Waals surface area contributed by atoms with Crippen molar-refractivity contribution in [3.05, 3.63) is 84.4 Å². The zero-order chi connectivity index (χ0) is 18.4. The van der Waals surface area contributed by atoms with E-state index in [-0.39, 0.29) is 6.71 Å². The fourth-order valence-corrected chi connectivity index (χ4v) is 5.24. The Labute approximate surface area is 163 Å². The average molecular weight is 357 g/mol. The molecule has 5 aromatic rings. The Hall–Kier alpha value is -3.46. The quantitative estimate of drug-likeness (QED) is 0.374. The molecule has 0 amide bonds. The van der Waals surface area contributed by atoms with Crippen molar-refractivity contribution >= 4 is 44.9 Å². The van der Waals surface area contributed by atoms with E-state index >= 15 is 0 Å². The van der Waals surface area contributed by atoms with Gasteiger partial charge in [0.2, 0.25) is 0 Å². The van der Waals surface area contributed by atoms with Gasteiger partial charge in [0.25, 0.3) is 6.71 Å². The summed E-state index contributed by atoms with van der Waals surface area (Å²) >= 11 is 0. The molecule has 28 heavy (non-hydrogen) atoms. The van der Waals surface area contributed by atoms with Crippen LogP contribution in [0.5, 0.6) is 11.5 Å². The van der Waals surface area contributed by atoms with Crippen molar-refractivity contribution in [1.82, 2.24) is 4.57 Å². The number of para-hydroxylation sites is 3. The number of hydrogen-bond donors (Lipinski definition) is 0. The molecule has 2 aliphatic rings. The summed E-state index contributed by atoms with van der Waals surface area (Å²) in [4.78, 5) is 0. The molecule has 0 spiro atoms. The van der Waals surface area contributed by atoms with Crippen molar-refractivity contribution in [3.8, 4) is 17.2 Å². The second-order valence-corrected chi connectivity index (χ2v) is 7.81. The Morgan fingerprint density at radius 3 is 2.50 bits per heavy atom. The number of benzene rings is 4. The van der Waals surface area contributed by atoms with Gasteiger partial charge in [0.05, 0.1) is 5.52 Å². The molecule has 3 heterocycles. The highest BCUT2D eigenvalue weighted by Crippen LogP contribution is 2.37. The van der Waals surface area contributed by atoms with E-state index in [1.165, 1.54) is 49.4 Å². The molecule has 0 atom stereocenters. The van der Waals surface area contributed by atoms with Gasteiger partial charge in [0, 0.05) is 22.0 Å². The minimum atomic E-state index is 0.204. The molecule has 2 nitrogen and oxygen atoms in total. The monoisotopic (exact) mass is 357 g/mol. The Kier molecular flexibility index (Phi) is 2.54. The Bertz CT molecular complexity index is 1460. The van der Waals surface area contributed by atoms with Gasteiger partial charge in [-0.05, 0) is 47.1 Å². The molecular weight excluding hydrogens is 341 g/mol. The zero-order valence-corrected chi connectivity index (χ0v) is 15.4. The normalized spacial score (nSPS) is 13.4. The van der Waals surface area contributed by atoms with Crippen molar-refractivity contribution in [2.45, 2.75) is 6.92 Å². The lowest BCUT2D eigenvalue weighted by Crippen LogP contribution is -2.58. The molecule has 0 radical (unpaired) electrons. The van der Waals surface area contributed by atoms with Crippen LogP contribution < -0.4 is 21.1 Å². The van der Waals surface area contributed by atoms with Crippen molar-refractivity contribution in [3.63, 3.8) is 0 Å². The van der Waals surface area contributed by atoms with Crippen molar-refractivity contribution in [1.29, 1.82) is 0 Å². The van der Waals surface area contributed by atoms with E-state index in [0.717, 1.165) is 11.5 Å². The smallest absolute Gasteiger partial charge is 0.256 e. The second kappa shape index (κ2) is 4.88. The van der Waals surface area contributed by atoms with Gasteiger partial charge >= 0.3 is 0 Å². The number of ether oxygens (including phenoxy) is 1. The lowest BCUT2D eigenvalue weighted by Gasteiger charge is -2.33. The highest BCUT2D eigenvalue weighted by Gasteiger charge is 2.40. The minimum Gasteiger partial charge on any atom is -0.458 e. The van der Waals surface area contributed by atoms with E-state index in [1.54, 1.807) is 0 Å². The fourth-order valence-electron chi connectivity index (χ4n) is 5.24. The summed E-state index contributed by atoms with van der Waals surface area (Å²) in [7, 11) is 0. The molecule has 3 heteroatoms. The van der Waals surface area contributed by atoms with Crippen LogP contribution >= 0.6 is 0 Å². The highest BCUT2D eigenvalue weighted by molar-refractivity contribution is 6.99. The SMILES string of the molecule is Cc1ccc2c3c1Oc1ccccc1B3c1cccc3c4ccccc4n-2c13. The summed E-state index contributed by atoms with van der Waals surface area (Å²) in [5, 5.41) is 2.63. The molecule has 1 aromatic heterocycles. The van der Waals surface area contributed by atoms with Gasteiger partial charge in [0.15, 0.2) is 0 Å². The van der Waals surface area contributed by atoms with Crippen molar-refractivity contribution in [2.75, 3.05) is 0 Å². The molecular formula is C25H16BNO. The predicted octanol–water partition coefficient (Wildman–Crippen LogP) is 4.03. The van der Waals surface area contributed by atoms with E-state index in [4.69, 9.17) is 4.74 Å². The maximum atomic E-state index is 6.44. The van der Waals surface area contributed by atoms with Gasteiger partial charge in [-0.2, -0.15) is 0 Å². The van der Waals surface area contributed by atoms with Crippen LogP contribution in [0.2, 0.25) is 0 Å². The fraction of sp³-hybridized carbons (Fsp3) is 0.0400. The Morgan fingerprint density at radius 2 is 1.54 bits per heavy atom. The number of hydrogen-bond acceptors (Lipinski definition) is 1. The average Bonchev–Trinajstić information content (AvgIpc) is 3.08. The molecule has 0 saturated heterocycles. The molecule has 0 fully saturated rings. The van der Waals surface area contributed by atoms with Crippen molar-refractivity contribution < 1.29 is 4.74 Å². The lowest BCUT2D eigenvalue weighted by molar-refractivity contribution is 0.483. The highest BCUT2D eigenvalue weighted by atomic mass is 16.5. The molecule has 4 aromatic carbocycles. The van der Waals surface area contributed by atoms with Crippen LogP contribution in [-0.2, 0) is 0 Å². The maximum Gasteiger partial charge on any atom is 0.256 e. The molecule has 0 saturated carbocycles.